The fourth-order valence-corrected chi connectivity index (χ4v) is 5.73. The molecule has 1 aliphatic heterocycles. The average Bonchev–Trinajstić information content (AvgIpc) is 2.58. The van der Waals surface area contributed by atoms with E-state index in [1.807, 2.05) is 7.11 Å². The second-order valence-electron chi connectivity index (χ2n) is 8.96. The van der Waals surface area contributed by atoms with E-state index in [9.17, 15) is 0 Å². The lowest BCUT2D eigenvalue weighted by Crippen LogP contribution is -2.44. The molecular formula is C21H38O2. The van der Waals surface area contributed by atoms with Crippen LogP contribution in [0.25, 0.3) is 0 Å². The molecule has 0 bridgehead atoms. The minimum atomic E-state index is 0.460. The molecule has 23 heavy (non-hydrogen) atoms. The van der Waals surface area contributed by atoms with Gasteiger partial charge in [-0.1, -0.05) is 33.6 Å². The molecule has 3 aliphatic rings. The van der Waals surface area contributed by atoms with Gasteiger partial charge in [-0.05, 0) is 74.0 Å². The first kappa shape index (κ1) is 17.7. The zero-order chi connectivity index (χ0) is 16.4. The highest BCUT2D eigenvalue weighted by Crippen LogP contribution is 2.43. The summed E-state index contributed by atoms with van der Waals surface area (Å²) < 4.78 is 12.1. The molecule has 0 aromatic carbocycles. The third-order valence-corrected chi connectivity index (χ3v) is 7.73. The molecule has 0 aromatic heterocycles. The van der Waals surface area contributed by atoms with Crippen LogP contribution < -0.4 is 0 Å². The lowest BCUT2D eigenvalue weighted by atomic mass is 9.67. The van der Waals surface area contributed by atoms with Gasteiger partial charge in [0, 0.05) is 7.11 Å². The van der Waals surface area contributed by atoms with Crippen LogP contribution in [0.15, 0.2) is 0 Å². The molecule has 0 spiro atoms. The van der Waals surface area contributed by atoms with E-state index in [2.05, 4.69) is 20.8 Å². The Bertz CT molecular complexity index is 353. The van der Waals surface area contributed by atoms with Crippen molar-refractivity contribution in [1.82, 2.24) is 0 Å². The van der Waals surface area contributed by atoms with Crippen molar-refractivity contribution in [3.8, 4) is 0 Å². The van der Waals surface area contributed by atoms with Crippen molar-refractivity contribution in [3.63, 3.8) is 0 Å². The van der Waals surface area contributed by atoms with Crippen LogP contribution in [0.2, 0.25) is 0 Å². The van der Waals surface area contributed by atoms with Gasteiger partial charge >= 0.3 is 0 Å². The van der Waals surface area contributed by atoms with Crippen molar-refractivity contribution in [2.24, 2.45) is 35.5 Å². The summed E-state index contributed by atoms with van der Waals surface area (Å²) in [5.41, 5.74) is 0. The minimum absolute atomic E-state index is 0.460. The van der Waals surface area contributed by atoms with Crippen LogP contribution in [0.3, 0.4) is 0 Å². The second-order valence-corrected chi connectivity index (χ2v) is 8.96. The van der Waals surface area contributed by atoms with Crippen LogP contribution in [0, 0.1) is 35.5 Å². The van der Waals surface area contributed by atoms with Gasteiger partial charge in [-0.25, -0.2) is 0 Å². The van der Waals surface area contributed by atoms with Crippen LogP contribution in [0.1, 0.15) is 72.1 Å². The molecule has 0 aromatic rings. The SMILES string of the molecule is COC1CCC([C@@H]2CCC(C3CCC(C)CC3)CO2)C(C)C1C. The van der Waals surface area contributed by atoms with E-state index in [0.29, 0.717) is 18.1 Å². The topological polar surface area (TPSA) is 18.5 Å². The van der Waals surface area contributed by atoms with Gasteiger partial charge in [-0.2, -0.15) is 0 Å². The van der Waals surface area contributed by atoms with Gasteiger partial charge in [0.05, 0.1) is 18.8 Å². The van der Waals surface area contributed by atoms with Crippen molar-refractivity contribution in [2.45, 2.75) is 84.3 Å². The van der Waals surface area contributed by atoms with E-state index < -0.39 is 0 Å². The molecule has 3 rings (SSSR count). The minimum Gasteiger partial charge on any atom is -0.381 e. The Balaban J connectivity index is 1.49. The Labute approximate surface area is 143 Å². The maximum atomic E-state index is 6.46. The highest BCUT2D eigenvalue weighted by atomic mass is 16.5. The van der Waals surface area contributed by atoms with E-state index in [4.69, 9.17) is 9.47 Å². The summed E-state index contributed by atoms with van der Waals surface area (Å²) in [6, 6.07) is 0. The smallest absolute Gasteiger partial charge is 0.0606 e. The summed E-state index contributed by atoms with van der Waals surface area (Å²) in [5, 5.41) is 0. The monoisotopic (exact) mass is 322 g/mol. The van der Waals surface area contributed by atoms with E-state index in [-0.39, 0.29) is 0 Å². The van der Waals surface area contributed by atoms with Gasteiger partial charge < -0.3 is 9.47 Å². The predicted octanol–water partition coefficient (Wildman–Crippen LogP) is 5.31. The summed E-state index contributed by atoms with van der Waals surface area (Å²) in [7, 11) is 1.88. The molecule has 0 amide bonds. The zero-order valence-electron chi connectivity index (χ0n) is 15.8. The number of hydrogen-bond donors (Lipinski definition) is 0. The number of hydrogen-bond acceptors (Lipinski definition) is 2. The summed E-state index contributed by atoms with van der Waals surface area (Å²) in [5.74, 6) is 4.91. The highest BCUT2D eigenvalue weighted by molar-refractivity contribution is 4.90. The molecule has 3 fully saturated rings. The third kappa shape index (κ3) is 3.95. The molecule has 2 heteroatoms. The summed E-state index contributed by atoms with van der Waals surface area (Å²) in [4.78, 5) is 0. The van der Waals surface area contributed by atoms with Crippen LogP contribution in [0.5, 0.6) is 0 Å². The molecule has 0 radical (unpaired) electrons. The Kier molecular flexibility index (Phi) is 6.07. The van der Waals surface area contributed by atoms with E-state index >= 15 is 0 Å². The lowest BCUT2D eigenvalue weighted by Gasteiger charge is -2.45. The molecular weight excluding hydrogens is 284 g/mol. The molecule has 5 unspecified atom stereocenters. The van der Waals surface area contributed by atoms with Crippen molar-refractivity contribution in [1.29, 1.82) is 0 Å². The van der Waals surface area contributed by atoms with Crippen molar-refractivity contribution in [3.05, 3.63) is 0 Å². The maximum absolute atomic E-state index is 6.46. The first-order valence-corrected chi connectivity index (χ1v) is 10.2. The van der Waals surface area contributed by atoms with Crippen molar-refractivity contribution >= 4 is 0 Å². The number of ether oxygens (including phenoxy) is 2. The fraction of sp³-hybridized carbons (Fsp3) is 1.00. The Morgan fingerprint density at radius 3 is 2.04 bits per heavy atom. The van der Waals surface area contributed by atoms with Crippen molar-refractivity contribution in [2.75, 3.05) is 13.7 Å². The lowest BCUT2D eigenvalue weighted by molar-refractivity contribution is -0.107. The molecule has 0 N–H and O–H groups in total. The Morgan fingerprint density at radius 2 is 1.43 bits per heavy atom. The maximum Gasteiger partial charge on any atom is 0.0606 e. The molecule has 2 aliphatic carbocycles. The molecule has 2 saturated carbocycles. The molecule has 1 heterocycles. The fourth-order valence-electron chi connectivity index (χ4n) is 5.73. The largest absolute Gasteiger partial charge is 0.381 e. The molecule has 134 valence electrons. The predicted molar refractivity (Wildman–Crippen MR) is 95.4 cm³/mol. The average molecular weight is 323 g/mol. The van der Waals surface area contributed by atoms with Gasteiger partial charge in [-0.3, -0.25) is 0 Å². The summed E-state index contributed by atoms with van der Waals surface area (Å²) >= 11 is 0. The van der Waals surface area contributed by atoms with Crippen LogP contribution in [-0.2, 0) is 9.47 Å². The Morgan fingerprint density at radius 1 is 0.739 bits per heavy atom. The van der Waals surface area contributed by atoms with Crippen LogP contribution in [-0.4, -0.2) is 25.9 Å². The standard InChI is InChI=1S/C21H38O2/c1-14-5-7-17(8-6-14)18-9-11-21(23-13-18)19-10-12-20(22-4)16(3)15(19)2/h14-21H,5-13H2,1-4H3/t14?,15?,16?,17?,18?,19?,20?,21-/m0/s1. The van der Waals surface area contributed by atoms with Gasteiger partial charge in [0.2, 0.25) is 0 Å². The van der Waals surface area contributed by atoms with Gasteiger partial charge in [-0.15, -0.1) is 0 Å². The molecule has 1 saturated heterocycles. The number of methoxy groups -OCH3 is 1. The van der Waals surface area contributed by atoms with Gasteiger partial charge in [0.1, 0.15) is 0 Å². The second kappa shape index (κ2) is 7.87. The first-order chi connectivity index (χ1) is 11.1. The highest BCUT2D eigenvalue weighted by Gasteiger charge is 2.40. The van der Waals surface area contributed by atoms with Crippen LogP contribution >= 0.6 is 0 Å². The number of rotatable bonds is 3. The summed E-state index contributed by atoms with van der Waals surface area (Å²) in [6.45, 7) is 8.26. The van der Waals surface area contributed by atoms with E-state index in [0.717, 1.165) is 36.2 Å². The quantitative estimate of drug-likeness (QED) is 0.701. The normalized spacial score (nSPS) is 49.0. The van der Waals surface area contributed by atoms with E-state index in [1.54, 1.807) is 0 Å². The zero-order valence-corrected chi connectivity index (χ0v) is 15.8. The first-order valence-electron chi connectivity index (χ1n) is 10.2. The molecule has 2 nitrogen and oxygen atoms in total. The van der Waals surface area contributed by atoms with Crippen LogP contribution in [0.4, 0.5) is 0 Å². The van der Waals surface area contributed by atoms with Gasteiger partial charge in [0.25, 0.3) is 0 Å². The third-order valence-electron chi connectivity index (χ3n) is 7.73. The van der Waals surface area contributed by atoms with Crippen molar-refractivity contribution < 1.29 is 9.47 Å². The molecule has 6 atom stereocenters. The Hall–Kier alpha value is -0.0800. The summed E-state index contributed by atoms with van der Waals surface area (Å²) in [6.07, 6.45) is 12.0. The van der Waals surface area contributed by atoms with Gasteiger partial charge in [0.15, 0.2) is 0 Å². The van der Waals surface area contributed by atoms with E-state index in [1.165, 1.54) is 51.4 Å².